The Hall–Kier alpha value is -1.72. The van der Waals surface area contributed by atoms with Crippen molar-refractivity contribution >= 4 is 0 Å². The third-order valence-electron chi connectivity index (χ3n) is 6.71. The zero-order valence-electron chi connectivity index (χ0n) is 16.0. The van der Waals surface area contributed by atoms with E-state index in [9.17, 15) is 4.39 Å². The van der Waals surface area contributed by atoms with E-state index >= 15 is 0 Å². The summed E-state index contributed by atoms with van der Waals surface area (Å²) in [5, 5.41) is 4.96. The van der Waals surface area contributed by atoms with Gasteiger partial charge in [-0.05, 0) is 61.9 Å². The summed E-state index contributed by atoms with van der Waals surface area (Å²) < 4.78 is 15.4. The normalized spacial score (nSPS) is 21.8. The lowest BCUT2D eigenvalue weighted by Gasteiger charge is -2.37. The van der Waals surface area contributed by atoms with Gasteiger partial charge in [0.15, 0.2) is 0 Å². The minimum atomic E-state index is -0.192. The molecule has 144 valence electrons. The first-order valence-electron chi connectivity index (χ1n) is 10.6. The molecule has 0 bridgehead atoms. The van der Waals surface area contributed by atoms with Crippen molar-refractivity contribution in [3.8, 4) is 5.69 Å². The zero-order chi connectivity index (χ0) is 18.2. The lowest BCUT2D eigenvalue weighted by molar-refractivity contribution is 0.0927. The lowest BCUT2D eigenvalue weighted by Crippen LogP contribution is -2.49. The second-order valence-electron chi connectivity index (χ2n) is 8.36. The number of fused-ring (bicyclic) bond motifs is 1. The number of nitrogens with zero attached hydrogens (tertiary/aromatic N) is 4. The van der Waals surface area contributed by atoms with E-state index < -0.39 is 0 Å². The number of benzene rings is 1. The molecular formula is C22H29FN4. The van der Waals surface area contributed by atoms with Crippen molar-refractivity contribution in [3.63, 3.8) is 0 Å². The Kier molecular flexibility index (Phi) is 4.74. The Morgan fingerprint density at radius 3 is 2.41 bits per heavy atom. The van der Waals surface area contributed by atoms with Crippen molar-refractivity contribution in [2.75, 3.05) is 26.2 Å². The van der Waals surface area contributed by atoms with Crippen LogP contribution in [-0.4, -0.2) is 51.8 Å². The van der Waals surface area contributed by atoms with Gasteiger partial charge < -0.3 is 0 Å². The number of hydrogen-bond acceptors (Lipinski definition) is 3. The Bertz CT molecular complexity index is 783. The van der Waals surface area contributed by atoms with Crippen LogP contribution in [0.3, 0.4) is 0 Å². The van der Waals surface area contributed by atoms with Gasteiger partial charge in [0.2, 0.25) is 0 Å². The largest absolute Gasteiger partial charge is 0.298 e. The van der Waals surface area contributed by atoms with Crippen LogP contribution >= 0.6 is 0 Å². The van der Waals surface area contributed by atoms with Crippen molar-refractivity contribution in [1.29, 1.82) is 0 Å². The van der Waals surface area contributed by atoms with Gasteiger partial charge in [-0.3, -0.25) is 9.80 Å². The molecule has 27 heavy (non-hydrogen) atoms. The van der Waals surface area contributed by atoms with Crippen molar-refractivity contribution in [2.24, 2.45) is 0 Å². The third kappa shape index (κ3) is 3.43. The maximum Gasteiger partial charge on any atom is 0.123 e. The average molecular weight is 369 g/mol. The fraction of sp³-hybridized carbons (Fsp3) is 0.591. The second kappa shape index (κ2) is 7.36. The van der Waals surface area contributed by atoms with Gasteiger partial charge in [0.05, 0.1) is 11.4 Å². The fourth-order valence-electron chi connectivity index (χ4n) is 5.20. The molecule has 0 N–H and O–H groups in total. The molecule has 0 spiro atoms. The maximum absolute atomic E-state index is 13.3. The van der Waals surface area contributed by atoms with Gasteiger partial charge in [0, 0.05) is 44.5 Å². The highest BCUT2D eigenvalue weighted by atomic mass is 19.1. The predicted molar refractivity (Wildman–Crippen MR) is 105 cm³/mol. The molecule has 2 heterocycles. The van der Waals surface area contributed by atoms with Crippen LogP contribution in [-0.2, 0) is 19.4 Å². The van der Waals surface area contributed by atoms with Gasteiger partial charge in [0.25, 0.3) is 0 Å². The highest BCUT2D eigenvalue weighted by Gasteiger charge is 2.28. The number of rotatable bonds is 4. The molecule has 1 saturated carbocycles. The molecule has 2 aromatic rings. The molecule has 5 rings (SSSR count). The lowest BCUT2D eigenvalue weighted by atomic mass is 10.1. The van der Waals surface area contributed by atoms with Gasteiger partial charge in [-0.25, -0.2) is 9.07 Å². The Balaban J connectivity index is 1.30. The Labute approximate surface area is 161 Å². The van der Waals surface area contributed by atoms with Crippen LogP contribution in [0.2, 0.25) is 0 Å². The van der Waals surface area contributed by atoms with E-state index in [2.05, 4.69) is 14.5 Å². The van der Waals surface area contributed by atoms with E-state index in [1.807, 2.05) is 12.1 Å². The molecule has 0 amide bonds. The molecule has 1 aliphatic heterocycles. The van der Waals surface area contributed by atoms with E-state index in [-0.39, 0.29) is 5.82 Å². The summed E-state index contributed by atoms with van der Waals surface area (Å²) in [6.45, 7) is 5.65. The predicted octanol–water partition coefficient (Wildman–Crippen LogP) is 3.56. The highest BCUT2D eigenvalue weighted by molar-refractivity contribution is 5.40. The minimum absolute atomic E-state index is 0.192. The number of piperazine rings is 1. The SMILES string of the molecule is Fc1ccc(-n2nc(CN3CCN(C4CCCC4)CC3)c3c2CCC3)cc1. The summed E-state index contributed by atoms with van der Waals surface area (Å²) in [6, 6.07) is 7.57. The Morgan fingerprint density at radius 1 is 0.926 bits per heavy atom. The van der Waals surface area contributed by atoms with Crippen LogP contribution in [0, 0.1) is 5.82 Å². The molecule has 0 unspecified atom stereocenters. The number of hydrogen-bond donors (Lipinski definition) is 0. The molecule has 2 aliphatic carbocycles. The van der Waals surface area contributed by atoms with E-state index in [4.69, 9.17) is 5.10 Å². The van der Waals surface area contributed by atoms with Gasteiger partial charge in [-0.2, -0.15) is 5.10 Å². The first kappa shape index (κ1) is 17.4. The van der Waals surface area contributed by atoms with Crippen LogP contribution in [0.1, 0.15) is 49.1 Å². The Morgan fingerprint density at radius 2 is 1.67 bits per heavy atom. The standard InChI is InChI=1S/C22H29FN4/c23-17-8-10-19(11-9-17)27-22-7-3-6-20(22)21(24-27)16-25-12-14-26(15-13-25)18-4-1-2-5-18/h8-11,18H,1-7,12-16H2. The molecule has 1 aromatic carbocycles. The monoisotopic (exact) mass is 368 g/mol. The summed E-state index contributed by atoms with van der Waals surface area (Å²) >= 11 is 0. The highest BCUT2D eigenvalue weighted by Crippen LogP contribution is 2.29. The van der Waals surface area contributed by atoms with Crippen LogP contribution in [0.25, 0.3) is 5.69 Å². The van der Waals surface area contributed by atoms with E-state index in [1.54, 1.807) is 0 Å². The van der Waals surface area contributed by atoms with Crippen LogP contribution < -0.4 is 0 Å². The van der Waals surface area contributed by atoms with E-state index in [0.29, 0.717) is 0 Å². The van der Waals surface area contributed by atoms with Gasteiger partial charge in [0.1, 0.15) is 5.82 Å². The zero-order valence-corrected chi connectivity index (χ0v) is 16.0. The molecule has 2 fully saturated rings. The minimum Gasteiger partial charge on any atom is -0.298 e. The summed E-state index contributed by atoms with van der Waals surface area (Å²) in [5.41, 5.74) is 4.99. The topological polar surface area (TPSA) is 24.3 Å². The fourth-order valence-corrected chi connectivity index (χ4v) is 5.20. The van der Waals surface area contributed by atoms with Gasteiger partial charge >= 0.3 is 0 Å². The average Bonchev–Trinajstić information content (AvgIpc) is 3.42. The van der Waals surface area contributed by atoms with Gasteiger partial charge in [-0.1, -0.05) is 12.8 Å². The maximum atomic E-state index is 13.3. The van der Waals surface area contributed by atoms with E-state index in [0.717, 1.165) is 44.2 Å². The number of halogens is 1. The van der Waals surface area contributed by atoms with Gasteiger partial charge in [-0.15, -0.1) is 0 Å². The van der Waals surface area contributed by atoms with Crippen molar-refractivity contribution in [1.82, 2.24) is 19.6 Å². The van der Waals surface area contributed by atoms with Crippen LogP contribution in [0.15, 0.2) is 24.3 Å². The van der Waals surface area contributed by atoms with Crippen molar-refractivity contribution in [3.05, 3.63) is 47.0 Å². The smallest absolute Gasteiger partial charge is 0.123 e. The molecule has 0 radical (unpaired) electrons. The molecule has 1 aromatic heterocycles. The van der Waals surface area contributed by atoms with Crippen LogP contribution in [0.4, 0.5) is 4.39 Å². The molecule has 5 heteroatoms. The second-order valence-corrected chi connectivity index (χ2v) is 8.36. The summed E-state index contributed by atoms with van der Waals surface area (Å²) in [6.07, 6.45) is 9.04. The molecule has 3 aliphatic rings. The molecule has 0 atom stereocenters. The first-order valence-corrected chi connectivity index (χ1v) is 10.6. The number of aromatic nitrogens is 2. The summed E-state index contributed by atoms with van der Waals surface area (Å²) in [4.78, 5) is 5.28. The summed E-state index contributed by atoms with van der Waals surface area (Å²) in [7, 11) is 0. The third-order valence-corrected chi connectivity index (χ3v) is 6.71. The van der Waals surface area contributed by atoms with Crippen molar-refractivity contribution in [2.45, 2.75) is 57.5 Å². The van der Waals surface area contributed by atoms with E-state index in [1.165, 1.54) is 74.3 Å². The quantitative estimate of drug-likeness (QED) is 0.825. The summed E-state index contributed by atoms with van der Waals surface area (Å²) in [5.74, 6) is -0.192. The first-order chi connectivity index (χ1) is 13.3. The molecular weight excluding hydrogens is 339 g/mol. The van der Waals surface area contributed by atoms with Crippen LogP contribution in [0.5, 0.6) is 0 Å². The van der Waals surface area contributed by atoms with Crippen molar-refractivity contribution < 1.29 is 4.39 Å². The molecule has 4 nitrogen and oxygen atoms in total. The molecule has 1 saturated heterocycles.